The van der Waals surface area contributed by atoms with E-state index in [1.807, 2.05) is 53.2 Å². The first-order chi connectivity index (χ1) is 12.6. The zero-order chi connectivity index (χ0) is 18.1. The molecule has 8 heteroatoms. The number of hydrogen-bond acceptors (Lipinski definition) is 5. The van der Waals surface area contributed by atoms with E-state index in [9.17, 15) is 8.42 Å². The van der Waals surface area contributed by atoms with Crippen molar-refractivity contribution in [3.63, 3.8) is 0 Å². The van der Waals surface area contributed by atoms with Gasteiger partial charge in [-0.15, -0.1) is 11.3 Å². The third kappa shape index (κ3) is 3.13. The predicted molar refractivity (Wildman–Crippen MR) is 105 cm³/mol. The summed E-state index contributed by atoms with van der Waals surface area (Å²) in [7, 11) is -3.40. The van der Waals surface area contributed by atoms with Crippen molar-refractivity contribution in [3.05, 3.63) is 53.2 Å². The molecule has 0 radical (unpaired) electrons. The molecule has 26 heavy (non-hydrogen) atoms. The first-order valence-electron chi connectivity index (χ1n) is 8.83. The number of nitrogens with one attached hydrogen (secondary N) is 1. The fourth-order valence-corrected chi connectivity index (χ4v) is 6.22. The number of rotatable bonds is 6. The van der Waals surface area contributed by atoms with E-state index >= 15 is 0 Å². The van der Waals surface area contributed by atoms with Gasteiger partial charge in [0.1, 0.15) is 4.83 Å². The molecule has 1 N–H and O–H groups in total. The smallest absolute Gasteiger partial charge is 0.218 e. The van der Waals surface area contributed by atoms with Crippen molar-refractivity contribution >= 4 is 32.1 Å². The molecule has 3 heterocycles. The van der Waals surface area contributed by atoms with E-state index in [4.69, 9.17) is 4.98 Å². The van der Waals surface area contributed by atoms with Crippen LogP contribution in [0.25, 0.3) is 4.83 Å². The van der Waals surface area contributed by atoms with Crippen LogP contribution in [0.15, 0.2) is 41.9 Å². The third-order valence-electron chi connectivity index (χ3n) is 4.69. The van der Waals surface area contributed by atoms with Crippen LogP contribution in [-0.2, 0) is 15.8 Å². The van der Waals surface area contributed by atoms with Crippen LogP contribution in [0, 0.1) is 0 Å². The summed E-state index contributed by atoms with van der Waals surface area (Å²) in [6.45, 7) is 3.36. The molecule has 4 rings (SSSR count). The highest BCUT2D eigenvalue weighted by molar-refractivity contribution is 7.88. The molecule has 1 aromatic carbocycles. The SMILES string of the molecule is CCNc1nc(C2CCCN2S(=O)(=O)Cc2ccccc2)c2sccn12. The highest BCUT2D eigenvalue weighted by Crippen LogP contribution is 2.38. The quantitative estimate of drug-likeness (QED) is 0.700. The number of sulfonamides is 1. The van der Waals surface area contributed by atoms with Gasteiger partial charge in [0.2, 0.25) is 16.0 Å². The van der Waals surface area contributed by atoms with Crippen molar-refractivity contribution < 1.29 is 8.42 Å². The maximum Gasteiger partial charge on any atom is 0.218 e. The lowest BCUT2D eigenvalue weighted by molar-refractivity contribution is 0.393. The Labute approximate surface area is 157 Å². The van der Waals surface area contributed by atoms with Gasteiger partial charge in [0, 0.05) is 24.7 Å². The van der Waals surface area contributed by atoms with Crippen molar-refractivity contribution in [3.8, 4) is 0 Å². The first-order valence-corrected chi connectivity index (χ1v) is 11.3. The number of nitrogens with zero attached hydrogens (tertiary/aromatic N) is 3. The average molecular weight is 391 g/mol. The standard InChI is InChI=1S/C18H22N4O2S2/c1-2-19-18-20-16(17-21(18)11-12-25-17)15-9-6-10-22(15)26(23,24)13-14-7-4-3-5-8-14/h3-5,7-8,11-12,15H,2,6,9-10,13H2,1H3,(H,19,20). The molecule has 1 saturated heterocycles. The lowest BCUT2D eigenvalue weighted by Crippen LogP contribution is -2.32. The van der Waals surface area contributed by atoms with E-state index in [0.717, 1.165) is 41.4 Å². The molecule has 1 atom stereocenters. The number of hydrogen-bond donors (Lipinski definition) is 1. The van der Waals surface area contributed by atoms with Gasteiger partial charge in [0.25, 0.3) is 0 Å². The number of thiazole rings is 1. The summed E-state index contributed by atoms with van der Waals surface area (Å²) in [5, 5.41) is 5.28. The van der Waals surface area contributed by atoms with Crippen LogP contribution in [0.1, 0.15) is 37.1 Å². The van der Waals surface area contributed by atoms with E-state index in [1.54, 1.807) is 15.6 Å². The zero-order valence-electron chi connectivity index (χ0n) is 14.6. The van der Waals surface area contributed by atoms with E-state index in [-0.39, 0.29) is 11.8 Å². The van der Waals surface area contributed by atoms with Gasteiger partial charge in [-0.2, -0.15) is 4.31 Å². The molecule has 0 aliphatic carbocycles. The van der Waals surface area contributed by atoms with Gasteiger partial charge in [-0.25, -0.2) is 13.4 Å². The van der Waals surface area contributed by atoms with Crippen molar-refractivity contribution in [2.75, 3.05) is 18.4 Å². The molecular weight excluding hydrogens is 368 g/mol. The van der Waals surface area contributed by atoms with Crippen molar-refractivity contribution in [1.29, 1.82) is 0 Å². The Morgan fingerprint density at radius 2 is 2.12 bits per heavy atom. The van der Waals surface area contributed by atoms with Crippen LogP contribution in [0.3, 0.4) is 0 Å². The average Bonchev–Trinajstić information content (AvgIpc) is 3.32. The fraction of sp³-hybridized carbons (Fsp3) is 0.389. The van der Waals surface area contributed by atoms with E-state index in [0.29, 0.717) is 6.54 Å². The Morgan fingerprint density at radius 3 is 2.88 bits per heavy atom. The zero-order valence-corrected chi connectivity index (χ0v) is 16.3. The van der Waals surface area contributed by atoms with Gasteiger partial charge < -0.3 is 5.32 Å². The van der Waals surface area contributed by atoms with Crippen LogP contribution in [0.5, 0.6) is 0 Å². The van der Waals surface area contributed by atoms with Gasteiger partial charge in [-0.05, 0) is 25.3 Å². The van der Waals surface area contributed by atoms with Gasteiger partial charge >= 0.3 is 0 Å². The summed E-state index contributed by atoms with van der Waals surface area (Å²) in [6, 6.07) is 9.18. The molecule has 6 nitrogen and oxygen atoms in total. The molecule has 1 aliphatic rings. The van der Waals surface area contributed by atoms with E-state index in [1.165, 1.54) is 0 Å². The minimum Gasteiger partial charge on any atom is -0.356 e. The van der Waals surface area contributed by atoms with Crippen molar-refractivity contribution in [2.45, 2.75) is 31.6 Å². The molecule has 1 unspecified atom stereocenters. The summed E-state index contributed by atoms with van der Waals surface area (Å²) >= 11 is 1.60. The lowest BCUT2D eigenvalue weighted by Gasteiger charge is -2.23. The molecule has 1 fully saturated rings. The molecule has 138 valence electrons. The van der Waals surface area contributed by atoms with Crippen molar-refractivity contribution in [1.82, 2.24) is 13.7 Å². The third-order valence-corrected chi connectivity index (χ3v) is 7.42. The molecule has 0 bridgehead atoms. The summed E-state index contributed by atoms with van der Waals surface area (Å²) in [5.74, 6) is 0.817. The Bertz CT molecular complexity index is 995. The highest BCUT2D eigenvalue weighted by atomic mass is 32.2. The van der Waals surface area contributed by atoms with Gasteiger partial charge in [0.15, 0.2) is 0 Å². The lowest BCUT2D eigenvalue weighted by atomic mass is 10.2. The summed E-state index contributed by atoms with van der Waals surface area (Å²) in [6.07, 6.45) is 3.65. The topological polar surface area (TPSA) is 66.7 Å². The normalized spacial score (nSPS) is 18.6. The maximum absolute atomic E-state index is 13.1. The largest absolute Gasteiger partial charge is 0.356 e. The van der Waals surface area contributed by atoms with E-state index in [2.05, 4.69) is 5.32 Å². The van der Waals surface area contributed by atoms with Crippen LogP contribution >= 0.6 is 11.3 Å². The Balaban J connectivity index is 1.68. The molecule has 0 saturated carbocycles. The van der Waals surface area contributed by atoms with Gasteiger partial charge in [-0.1, -0.05) is 30.3 Å². The molecule has 1 aliphatic heterocycles. The van der Waals surface area contributed by atoms with Crippen LogP contribution in [0.2, 0.25) is 0 Å². The van der Waals surface area contributed by atoms with Crippen LogP contribution < -0.4 is 5.32 Å². The van der Waals surface area contributed by atoms with Gasteiger partial charge in [-0.3, -0.25) is 4.40 Å². The summed E-state index contributed by atoms with van der Waals surface area (Å²) < 4.78 is 29.8. The van der Waals surface area contributed by atoms with Crippen molar-refractivity contribution in [2.24, 2.45) is 0 Å². The van der Waals surface area contributed by atoms with Crippen LogP contribution in [-0.4, -0.2) is 35.2 Å². The number of imidazole rings is 1. The molecule has 2 aromatic heterocycles. The fourth-order valence-electron chi connectivity index (χ4n) is 3.56. The molecule has 3 aromatic rings. The Morgan fingerprint density at radius 1 is 1.31 bits per heavy atom. The summed E-state index contributed by atoms with van der Waals surface area (Å²) in [5.41, 5.74) is 1.68. The Hall–Kier alpha value is -1.90. The maximum atomic E-state index is 13.1. The minimum atomic E-state index is -3.40. The predicted octanol–water partition coefficient (Wildman–Crippen LogP) is 3.49. The Kier molecular flexibility index (Phi) is 4.73. The number of aromatic nitrogens is 2. The summed E-state index contributed by atoms with van der Waals surface area (Å²) in [4.78, 5) is 5.77. The second-order valence-corrected chi connectivity index (χ2v) is 9.26. The molecule has 0 spiro atoms. The second-order valence-electron chi connectivity index (χ2n) is 6.44. The number of anilines is 1. The van der Waals surface area contributed by atoms with Gasteiger partial charge in [0.05, 0.1) is 17.5 Å². The number of benzene rings is 1. The second kappa shape index (κ2) is 7.02. The van der Waals surface area contributed by atoms with Crippen LogP contribution in [0.4, 0.5) is 5.95 Å². The first kappa shape index (κ1) is 17.5. The minimum absolute atomic E-state index is 0.0336. The number of fused-ring (bicyclic) bond motifs is 1. The highest BCUT2D eigenvalue weighted by Gasteiger charge is 2.38. The molecule has 0 amide bonds. The monoisotopic (exact) mass is 390 g/mol. The van der Waals surface area contributed by atoms with E-state index < -0.39 is 10.0 Å². The molecular formula is C18H22N4O2S2.